The molecular weight excluding hydrogens is 330 g/mol. The van der Waals surface area contributed by atoms with Crippen molar-refractivity contribution in [2.75, 3.05) is 37.8 Å². The molecule has 7 heteroatoms. The van der Waals surface area contributed by atoms with Gasteiger partial charge < -0.3 is 20.9 Å². The molecule has 1 heterocycles. The van der Waals surface area contributed by atoms with Crippen LogP contribution in [0, 0.1) is 13.8 Å². The van der Waals surface area contributed by atoms with Crippen molar-refractivity contribution >= 4 is 23.3 Å². The van der Waals surface area contributed by atoms with E-state index in [0.717, 1.165) is 16.8 Å². The summed E-state index contributed by atoms with van der Waals surface area (Å²) in [6, 6.07) is 6.83. The van der Waals surface area contributed by atoms with Gasteiger partial charge in [0.15, 0.2) is 0 Å². The van der Waals surface area contributed by atoms with Gasteiger partial charge in [0, 0.05) is 56.5 Å². The second-order valence-electron chi connectivity index (χ2n) is 6.23. The average Bonchev–Trinajstić information content (AvgIpc) is 2.61. The molecule has 0 saturated carbocycles. The fraction of sp³-hybridized carbons (Fsp3) is 0.316. The zero-order chi connectivity index (χ0) is 19.1. The van der Waals surface area contributed by atoms with Crippen molar-refractivity contribution in [3.8, 4) is 0 Å². The monoisotopic (exact) mass is 355 g/mol. The van der Waals surface area contributed by atoms with Gasteiger partial charge >= 0.3 is 6.03 Å². The first kappa shape index (κ1) is 19.2. The summed E-state index contributed by atoms with van der Waals surface area (Å²) in [6.45, 7) is 4.91. The van der Waals surface area contributed by atoms with E-state index in [0.29, 0.717) is 24.3 Å². The van der Waals surface area contributed by atoms with Crippen LogP contribution >= 0.6 is 0 Å². The molecule has 0 radical (unpaired) electrons. The van der Waals surface area contributed by atoms with Gasteiger partial charge in [-0.05, 0) is 49.2 Å². The lowest BCUT2D eigenvalue weighted by molar-refractivity contribution is 0.0827. The number of carbonyl (C=O) groups excluding carboxylic acids is 2. The first-order valence-corrected chi connectivity index (χ1v) is 8.40. The van der Waals surface area contributed by atoms with Crippen LogP contribution < -0.4 is 16.0 Å². The standard InChI is InChI=1S/C19H25N5O2/c1-13-11-15(18(25)24(3)4)5-6-17(13)23-19(26)22-10-9-21-16-7-8-20-12-14(16)2/h5-8,11-12H,9-10H2,1-4H3,(H,20,21)(H2,22,23,26). The number of anilines is 2. The first-order valence-electron chi connectivity index (χ1n) is 8.40. The molecule has 0 unspecified atom stereocenters. The summed E-state index contributed by atoms with van der Waals surface area (Å²) in [4.78, 5) is 29.6. The molecule has 0 atom stereocenters. The van der Waals surface area contributed by atoms with Gasteiger partial charge in [0.25, 0.3) is 5.91 Å². The predicted molar refractivity (Wildman–Crippen MR) is 104 cm³/mol. The number of carbonyl (C=O) groups is 2. The lowest BCUT2D eigenvalue weighted by Gasteiger charge is -2.14. The van der Waals surface area contributed by atoms with Crippen LogP contribution in [0.5, 0.6) is 0 Å². The van der Waals surface area contributed by atoms with Gasteiger partial charge in [0.05, 0.1) is 0 Å². The molecule has 3 amide bonds. The van der Waals surface area contributed by atoms with E-state index in [9.17, 15) is 9.59 Å². The highest BCUT2D eigenvalue weighted by Gasteiger charge is 2.10. The summed E-state index contributed by atoms with van der Waals surface area (Å²) in [6.07, 6.45) is 3.51. The molecule has 0 spiro atoms. The van der Waals surface area contributed by atoms with E-state index < -0.39 is 0 Å². The van der Waals surface area contributed by atoms with Crippen molar-refractivity contribution < 1.29 is 9.59 Å². The van der Waals surface area contributed by atoms with Gasteiger partial charge in [-0.15, -0.1) is 0 Å². The lowest BCUT2D eigenvalue weighted by Crippen LogP contribution is -2.33. The summed E-state index contributed by atoms with van der Waals surface area (Å²) >= 11 is 0. The molecule has 0 aliphatic rings. The molecule has 2 rings (SSSR count). The number of hydrogen-bond donors (Lipinski definition) is 3. The highest BCUT2D eigenvalue weighted by molar-refractivity contribution is 5.96. The predicted octanol–water partition coefficient (Wildman–Crippen LogP) is 2.63. The SMILES string of the molecule is Cc1cnccc1NCCNC(=O)Nc1ccc(C(=O)N(C)C)cc1C. The van der Waals surface area contributed by atoms with Crippen molar-refractivity contribution in [1.82, 2.24) is 15.2 Å². The largest absolute Gasteiger partial charge is 0.383 e. The third kappa shape index (κ3) is 5.20. The summed E-state index contributed by atoms with van der Waals surface area (Å²) in [5.41, 5.74) is 4.16. The van der Waals surface area contributed by atoms with Gasteiger partial charge in [-0.25, -0.2) is 4.79 Å². The number of hydrogen-bond acceptors (Lipinski definition) is 4. The fourth-order valence-corrected chi connectivity index (χ4v) is 2.41. The zero-order valence-corrected chi connectivity index (χ0v) is 15.6. The van der Waals surface area contributed by atoms with Gasteiger partial charge in [-0.3, -0.25) is 9.78 Å². The lowest BCUT2D eigenvalue weighted by atomic mass is 10.1. The Morgan fingerprint density at radius 1 is 1.04 bits per heavy atom. The van der Waals surface area contributed by atoms with E-state index in [2.05, 4.69) is 20.9 Å². The van der Waals surface area contributed by atoms with Crippen LogP contribution in [-0.2, 0) is 0 Å². The first-order chi connectivity index (χ1) is 12.4. The molecule has 0 aliphatic heterocycles. The number of aromatic nitrogens is 1. The van der Waals surface area contributed by atoms with E-state index in [1.807, 2.05) is 19.9 Å². The Hall–Kier alpha value is -3.09. The van der Waals surface area contributed by atoms with Crippen LogP contribution in [0.4, 0.5) is 16.2 Å². The van der Waals surface area contributed by atoms with Crippen molar-refractivity contribution in [3.63, 3.8) is 0 Å². The van der Waals surface area contributed by atoms with Crippen LogP contribution in [0.15, 0.2) is 36.7 Å². The number of nitrogens with zero attached hydrogens (tertiary/aromatic N) is 2. The molecule has 1 aromatic heterocycles. The topological polar surface area (TPSA) is 86.4 Å². The Balaban J connectivity index is 1.82. The fourth-order valence-electron chi connectivity index (χ4n) is 2.41. The molecule has 0 aliphatic carbocycles. The number of aryl methyl sites for hydroxylation is 2. The molecule has 0 fully saturated rings. The maximum Gasteiger partial charge on any atom is 0.319 e. The van der Waals surface area contributed by atoms with Gasteiger partial charge in [-0.1, -0.05) is 0 Å². The van der Waals surface area contributed by atoms with E-state index >= 15 is 0 Å². The minimum Gasteiger partial charge on any atom is -0.383 e. The molecule has 138 valence electrons. The summed E-state index contributed by atoms with van der Waals surface area (Å²) in [7, 11) is 3.41. The zero-order valence-electron chi connectivity index (χ0n) is 15.6. The highest BCUT2D eigenvalue weighted by atomic mass is 16.2. The smallest absolute Gasteiger partial charge is 0.319 e. The summed E-state index contributed by atoms with van der Waals surface area (Å²) in [5.74, 6) is -0.0680. The molecule has 7 nitrogen and oxygen atoms in total. The molecule has 2 aromatic rings. The summed E-state index contributed by atoms with van der Waals surface area (Å²) < 4.78 is 0. The van der Waals surface area contributed by atoms with Crippen LogP contribution in [0.2, 0.25) is 0 Å². The second kappa shape index (κ2) is 8.84. The van der Waals surface area contributed by atoms with Crippen molar-refractivity contribution in [1.29, 1.82) is 0 Å². The van der Waals surface area contributed by atoms with Crippen molar-refractivity contribution in [3.05, 3.63) is 53.3 Å². The van der Waals surface area contributed by atoms with Gasteiger partial charge in [0.1, 0.15) is 0 Å². The normalized spacial score (nSPS) is 10.2. The minimum absolute atomic E-state index is 0.0680. The second-order valence-corrected chi connectivity index (χ2v) is 6.23. The maximum absolute atomic E-state index is 12.0. The van der Waals surface area contributed by atoms with E-state index in [4.69, 9.17) is 0 Å². The number of pyridine rings is 1. The van der Waals surface area contributed by atoms with E-state index in [1.165, 1.54) is 4.90 Å². The van der Waals surface area contributed by atoms with E-state index in [1.54, 1.807) is 44.7 Å². The molecule has 1 aromatic carbocycles. The summed E-state index contributed by atoms with van der Waals surface area (Å²) in [5, 5.41) is 8.85. The molecular formula is C19H25N5O2. The molecule has 0 saturated heterocycles. The highest BCUT2D eigenvalue weighted by Crippen LogP contribution is 2.17. The Bertz CT molecular complexity index is 789. The van der Waals surface area contributed by atoms with Crippen LogP contribution in [0.3, 0.4) is 0 Å². The van der Waals surface area contributed by atoms with Crippen molar-refractivity contribution in [2.24, 2.45) is 0 Å². The third-order valence-corrected chi connectivity index (χ3v) is 3.87. The number of urea groups is 1. The maximum atomic E-state index is 12.0. The number of amides is 3. The minimum atomic E-state index is -0.284. The molecule has 0 bridgehead atoms. The van der Waals surface area contributed by atoms with Crippen LogP contribution in [-0.4, -0.2) is 49.0 Å². The number of rotatable bonds is 6. The number of nitrogens with one attached hydrogen (secondary N) is 3. The van der Waals surface area contributed by atoms with Gasteiger partial charge in [0.2, 0.25) is 0 Å². The van der Waals surface area contributed by atoms with Crippen LogP contribution in [0.25, 0.3) is 0 Å². The Morgan fingerprint density at radius 2 is 1.81 bits per heavy atom. The number of benzene rings is 1. The average molecular weight is 355 g/mol. The Morgan fingerprint density at radius 3 is 2.46 bits per heavy atom. The molecule has 26 heavy (non-hydrogen) atoms. The van der Waals surface area contributed by atoms with E-state index in [-0.39, 0.29) is 11.9 Å². The Labute approximate surface area is 153 Å². The quantitative estimate of drug-likeness (QED) is 0.695. The van der Waals surface area contributed by atoms with Crippen molar-refractivity contribution in [2.45, 2.75) is 13.8 Å². The van der Waals surface area contributed by atoms with Crippen LogP contribution in [0.1, 0.15) is 21.5 Å². The Kier molecular flexibility index (Phi) is 6.54. The third-order valence-electron chi connectivity index (χ3n) is 3.87. The van der Waals surface area contributed by atoms with Gasteiger partial charge in [-0.2, -0.15) is 0 Å². The molecule has 3 N–H and O–H groups in total.